The van der Waals surface area contributed by atoms with E-state index in [0.717, 1.165) is 37.8 Å². The number of rotatable bonds is 5. The fraction of sp³-hybridized carbons (Fsp3) is 0.533. The molecule has 0 bridgehead atoms. The summed E-state index contributed by atoms with van der Waals surface area (Å²) in [4.78, 5) is 13.3. The summed E-state index contributed by atoms with van der Waals surface area (Å²) in [6.45, 7) is 2.01. The van der Waals surface area contributed by atoms with Crippen molar-refractivity contribution in [2.24, 2.45) is 5.92 Å². The summed E-state index contributed by atoms with van der Waals surface area (Å²) in [6.07, 6.45) is 3.29. The normalized spacial score (nSPS) is 18.9. The van der Waals surface area contributed by atoms with Crippen LogP contribution in [-0.2, 0) is 4.79 Å². The number of aldehydes is 1. The predicted molar refractivity (Wildman–Crippen MR) is 81.3 cm³/mol. The number of benzene rings is 1. The van der Waals surface area contributed by atoms with Crippen molar-refractivity contribution < 1.29 is 9.90 Å². The zero-order valence-corrected chi connectivity index (χ0v) is 12.8. The van der Waals surface area contributed by atoms with Crippen LogP contribution in [0.3, 0.4) is 0 Å². The fourth-order valence-corrected chi connectivity index (χ4v) is 3.34. The number of carbonyl (C=O) groups excluding carboxylic acids is 1. The van der Waals surface area contributed by atoms with Gasteiger partial charge in [-0.3, -0.25) is 4.90 Å². The van der Waals surface area contributed by atoms with Gasteiger partial charge in [0.15, 0.2) is 0 Å². The number of halogens is 2. The second kappa shape index (κ2) is 7.41. The Labute approximate surface area is 129 Å². The summed E-state index contributed by atoms with van der Waals surface area (Å²) >= 11 is 12.1. The molecule has 1 saturated heterocycles. The lowest BCUT2D eigenvalue weighted by Gasteiger charge is -2.36. The first-order valence-electron chi connectivity index (χ1n) is 6.88. The van der Waals surface area contributed by atoms with Crippen LogP contribution in [0.1, 0.15) is 30.9 Å². The zero-order chi connectivity index (χ0) is 14.5. The molecule has 0 spiro atoms. The van der Waals surface area contributed by atoms with Crippen molar-refractivity contribution in [2.75, 3.05) is 19.7 Å². The average Bonchev–Trinajstić information content (AvgIpc) is 2.44. The van der Waals surface area contributed by atoms with Gasteiger partial charge in [0.1, 0.15) is 6.29 Å². The molecule has 5 heteroatoms. The van der Waals surface area contributed by atoms with Gasteiger partial charge in [0.25, 0.3) is 0 Å². The van der Waals surface area contributed by atoms with Gasteiger partial charge in [-0.1, -0.05) is 23.2 Å². The molecule has 1 fully saturated rings. The summed E-state index contributed by atoms with van der Waals surface area (Å²) in [7, 11) is 0. The maximum Gasteiger partial charge on any atom is 0.121 e. The van der Waals surface area contributed by atoms with Gasteiger partial charge in [-0.25, -0.2) is 0 Å². The molecule has 0 aliphatic carbocycles. The highest BCUT2D eigenvalue weighted by Crippen LogP contribution is 2.31. The first-order valence-corrected chi connectivity index (χ1v) is 7.64. The number of nitrogens with zero attached hydrogens (tertiary/aromatic N) is 1. The van der Waals surface area contributed by atoms with Crippen molar-refractivity contribution in [2.45, 2.75) is 25.3 Å². The van der Waals surface area contributed by atoms with Crippen molar-refractivity contribution in [3.63, 3.8) is 0 Å². The Morgan fingerprint density at radius 2 is 1.85 bits per heavy atom. The van der Waals surface area contributed by atoms with Gasteiger partial charge in [0, 0.05) is 29.1 Å². The van der Waals surface area contributed by atoms with E-state index < -0.39 is 0 Å². The third kappa shape index (κ3) is 3.95. The van der Waals surface area contributed by atoms with Gasteiger partial charge in [-0.15, -0.1) is 0 Å². The number of aliphatic hydroxyl groups excluding tert-OH is 1. The number of likely N-dealkylation sites (tertiary alicyclic amines) is 1. The van der Waals surface area contributed by atoms with Crippen molar-refractivity contribution in [3.05, 3.63) is 33.8 Å². The van der Waals surface area contributed by atoms with E-state index in [0.29, 0.717) is 22.4 Å². The first kappa shape index (κ1) is 15.8. The average molecular weight is 316 g/mol. The quantitative estimate of drug-likeness (QED) is 0.847. The summed E-state index contributed by atoms with van der Waals surface area (Å²) in [6, 6.07) is 5.46. The highest BCUT2D eigenvalue weighted by Gasteiger charge is 2.26. The first-order chi connectivity index (χ1) is 9.63. The van der Waals surface area contributed by atoms with E-state index in [1.165, 1.54) is 0 Å². The van der Waals surface area contributed by atoms with Crippen LogP contribution in [0.5, 0.6) is 0 Å². The van der Waals surface area contributed by atoms with Crippen LogP contribution >= 0.6 is 23.2 Å². The van der Waals surface area contributed by atoms with Crippen LogP contribution < -0.4 is 0 Å². The van der Waals surface area contributed by atoms with E-state index in [1.807, 2.05) is 12.1 Å². The lowest BCUT2D eigenvalue weighted by molar-refractivity contribution is -0.109. The summed E-state index contributed by atoms with van der Waals surface area (Å²) < 4.78 is 0. The van der Waals surface area contributed by atoms with E-state index >= 15 is 0 Å². The fourth-order valence-electron chi connectivity index (χ4n) is 2.80. The summed E-state index contributed by atoms with van der Waals surface area (Å²) in [5.74, 6) is 0.381. The molecule has 110 valence electrons. The molecular formula is C15H19Cl2NO2. The van der Waals surface area contributed by atoms with E-state index in [9.17, 15) is 9.90 Å². The molecule has 3 nitrogen and oxygen atoms in total. The highest BCUT2D eigenvalue weighted by atomic mass is 35.5. The van der Waals surface area contributed by atoms with Gasteiger partial charge in [0.05, 0.1) is 0 Å². The molecular weight excluding hydrogens is 297 g/mol. The van der Waals surface area contributed by atoms with Crippen LogP contribution in [0.2, 0.25) is 10.0 Å². The third-order valence-electron chi connectivity index (χ3n) is 3.94. The van der Waals surface area contributed by atoms with E-state index in [-0.39, 0.29) is 12.6 Å². The number of piperidine rings is 1. The SMILES string of the molecule is O=CCC(c1cc(Cl)cc(Cl)c1)N1CCC(CO)CC1. The minimum absolute atomic E-state index is 0.0170. The number of hydrogen-bond acceptors (Lipinski definition) is 3. The van der Waals surface area contributed by atoms with Gasteiger partial charge >= 0.3 is 0 Å². The second-order valence-corrected chi connectivity index (χ2v) is 6.16. The highest BCUT2D eigenvalue weighted by molar-refractivity contribution is 6.34. The maximum atomic E-state index is 11.0. The van der Waals surface area contributed by atoms with Crippen LogP contribution in [0.4, 0.5) is 0 Å². The van der Waals surface area contributed by atoms with Crippen LogP contribution in [0.25, 0.3) is 0 Å². The van der Waals surface area contributed by atoms with Crippen LogP contribution in [0.15, 0.2) is 18.2 Å². The third-order valence-corrected chi connectivity index (χ3v) is 4.37. The van der Waals surface area contributed by atoms with Crippen LogP contribution in [0, 0.1) is 5.92 Å². The predicted octanol–water partition coefficient (Wildman–Crippen LogP) is 3.33. The minimum Gasteiger partial charge on any atom is -0.396 e. The van der Waals surface area contributed by atoms with Crippen molar-refractivity contribution in [1.82, 2.24) is 4.90 Å². The summed E-state index contributed by atoms with van der Waals surface area (Å²) in [5.41, 5.74) is 0.983. The lowest BCUT2D eigenvalue weighted by atomic mass is 9.94. The molecule has 1 N–H and O–H groups in total. The molecule has 0 aromatic heterocycles. The maximum absolute atomic E-state index is 11.0. The second-order valence-electron chi connectivity index (χ2n) is 5.28. The Morgan fingerprint density at radius 1 is 1.25 bits per heavy atom. The zero-order valence-electron chi connectivity index (χ0n) is 11.3. The Bertz CT molecular complexity index is 439. The van der Waals surface area contributed by atoms with Gasteiger partial charge < -0.3 is 9.90 Å². The molecule has 1 heterocycles. The van der Waals surface area contributed by atoms with Crippen molar-refractivity contribution in [3.8, 4) is 0 Å². The molecule has 1 aliphatic rings. The molecule has 0 saturated carbocycles. The minimum atomic E-state index is 0.0170. The molecule has 0 amide bonds. The molecule has 1 aliphatic heterocycles. The van der Waals surface area contributed by atoms with E-state index in [1.54, 1.807) is 6.07 Å². The molecule has 1 aromatic rings. The molecule has 0 radical (unpaired) electrons. The monoisotopic (exact) mass is 315 g/mol. The van der Waals surface area contributed by atoms with Gasteiger partial charge in [0.2, 0.25) is 0 Å². The largest absolute Gasteiger partial charge is 0.396 e. The molecule has 2 rings (SSSR count). The summed E-state index contributed by atoms with van der Waals surface area (Å²) in [5, 5.41) is 10.4. The molecule has 20 heavy (non-hydrogen) atoms. The Balaban J connectivity index is 2.16. The van der Waals surface area contributed by atoms with Gasteiger partial charge in [-0.2, -0.15) is 0 Å². The molecule has 1 aromatic carbocycles. The standard InChI is InChI=1S/C15H19Cl2NO2/c16-13-7-12(8-14(17)9-13)15(3-6-19)18-4-1-11(10-20)2-5-18/h6-9,11,15,20H,1-5,10H2. The number of carbonyl (C=O) groups is 1. The smallest absolute Gasteiger partial charge is 0.121 e. The van der Waals surface area contributed by atoms with Crippen LogP contribution in [-0.4, -0.2) is 36.0 Å². The number of aliphatic hydroxyl groups is 1. The van der Waals surface area contributed by atoms with E-state index in [2.05, 4.69) is 4.90 Å². The van der Waals surface area contributed by atoms with Crippen molar-refractivity contribution >= 4 is 29.5 Å². The Hall–Kier alpha value is -0.610. The molecule has 1 atom stereocenters. The lowest BCUT2D eigenvalue weighted by Crippen LogP contribution is -2.37. The Kier molecular flexibility index (Phi) is 5.85. The van der Waals surface area contributed by atoms with Gasteiger partial charge in [-0.05, 0) is 55.6 Å². The van der Waals surface area contributed by atoms with Crippen molar-refractivity contribution in [1.29, 1.82) is 0 Å². The molecule has 1 unspecified atom stereocenters. The van der Waals surface area contributed by atoms with E-state index in [4.69, 9.17) is 23.2 Å². The Morgan fingerprint density at radius 3 is 2.35 bits per heavy atom. The number of hydrogen-bond donors (Lipinski definition) is 1. The topological polar surface area (TPSA) is 40.5 Å².